The number of non-ortho nitro benzene ring substituents is 1. The van der Waals surface area contributed by atoms with E-state index in [1.165, 1.54) is 18.3 Å². The summed E-state index contributed by atoms with van der Waals surface area (Å²) in [5.74, 6) is 1.15. The van der Waals surface area contributed by atoms with Gasteiger partial charge in [-0.15, -0.1) is 0 Å². The molecule has 0 aliphatic rings. The quantitative estimate of drug-likeness (QED) is 0.380. The number of rotatable bonds is 6. The highest BCUT2D eigenvalue weighted by molar-refractivity contribution is 5.77. The van der Waals surface area contributed by atoms with E-state index in [4.69, 9.17) is 9.68 Å². The van der Waals surface area contributed by atoms with Gasteiger partial charge < -0.3 is 9.84 Å². The van der Waals surface area contributed by atoms with Gasteiger partial charge in [-0.05, 0) is 24.3 Å². The average molecular weight is 284 g/mol. The Kier molecular flexibility index (Phi) is 4.66. The van der Waals surface area contributed by atoms with E-state index >= 15 is 0 Å². The maximum atomic E-state index is 10.6. The van der Waals surface area contributed by atoms with Crippen molar-refractivity contribution >= 4 is 11.9 Å². The van der Waals surface area contributed by atoms with Gasteiger partial charge in [0.05, 0.1) is 23.6 Å². The highest BCUT2D eigenvalue weighted by atomic mass is 16.6. The van der Waals surface area contributed by atoms with E-state index < -0.39 is 4.92 Å². The summed E-state index contributed by atoms with van der Waals surface area (Å²) in [4.78, 5) is 10.1. The fraction of sp³-hybridized carbons (Fsp3) is 0.143. The topological polar surface area (TPSA) is 104 Å². The Bertz CT molecular complexity index is 683. The maximum Gasteiger partial charge on any atom is 0.269 e. The molecule has 7 heteroatoms. The summed E-state index contributed by atoms with van der Waals surface area (Å²) in [6.45, 7) is 0.475. The SMILES string of the molecule is N#CCCN/N=C/c1ccc(-c2ccc([N+](=O)[O-])cc2)o1. The Morgan fingerprint density at radius 1 is 1.33 bits per heavy atom. The summed E-state index contributed by atoms with van der Waals surface area (Å²) < 4.78 is 5.55. The number of nitrogens with one attached hydrogen (secondary N) is 1. The van der Waals surface area contributed by atoms with Crippen LogP contribution >= 0.6 is 0 Å². The highest BCUT2D eigenvalue weighted by Gasteiger charge is 2.07. The first-order chi connectivity index (χ1) is 10.2. The van der Waals surface area contributed by atoms with E-state index in [-0.39, 0.29) is 5.69 Å². The third kappa shape index (κ3) is 3.91. The summed E-state index contributed by atoms with van der Waals surface area (Å²) in [6, 6.07) is 11.6. The van der Waals surface area contributed by atoms with Crippen molar-refractivity contribution in [1.82, 2.24) is 5.43 Å². The van der Waals surface area contributed by atoms with Gasteiger partial charge in [-0.25, -0.2) is 0 Å². The monoisotopic (exact) mass is 284 g/mol. The minimum absolute atomic E-state index is 0.0359. The molecule has 0 amide bonds. The molecule has 106 valence electrons. The van der Waals surface area contributed by atoms with Crippen LogP contribution in [0.5, 0.6) is 0 Å². The van der Waals surface area contributed by atoms with Gasteiger partial charge >= 0.3 is 0 Å². The summed E-state index contributed by atoms with van der Waals surface area (Å²) in [5, 5.41) is 22.9. The van der Waals surface area contributed by atoms with Crippen LogP contribution in [0.15, 0.2) is 45.9 Å². The fourth-order valence-electron chi connectivity index (χ4n) is 1.61. The highest BCUT2D eigenvalue weighted by Crippen LogP contribution is 2.23. The molecule has 2 rings (SSSR count). The standard InChI is InChI=1S/C14H12N4O3/c15-8-1-9-16-17-10-13-6-7-14(21-13)11-2-4-12(5-3-11)18(19)20/h2-7,10,16H,1,9H2/b17-10+. The van der Waals surface area contributed by atoms with Crippen molar-refractivity contribution in [2.75, 3.05) is 6.54 Å². The van der Waals surface area contributed by atoms with Crippen LogP contribution in [0.1, 0.15) is 12.2 Å². The summed E-state index contributed by atoms with van der Waals surface area (Å²) >= 11 is 0. The predicted octanol–water partition coefficient (Wildman–Crippen LogP) is 2.69. The van der Waals surface area contributed by atoms with Crippen molar-refractivity contribution in [3.8, 4) is 17.4 Å². The lowest BCUT2D eigenvalue weighted by Gasteiger charge is -1.96. The number of hydrazone groups is 1. The zero-order chi connectivity index (χ0) is 15.1. The number of benzene rings is 1. The molecule has 0 saturated heterocycles. The van der Waals surface area contributed by atoms with Gasteiger partial charge in [0.1, 0.15) is 11.5 Å². The number of hydrogen-bond acceptors (Lipinski definition) is 6. The normalized spacial score (nSPS) is 10.4. The van der Waals surface area contributed by atoms with Crippen LogP contribution in [0.4, 0.5) is 5.69 Å². The van der Waals surface area contributed by atoms with Crippen molar-refractivity contribution in [1.29, 1.82) is 5.26 Å². The number of nitro benzene ring substituents is 1. The van der Waals surface area contributed by atoms with Crippen molar-refractivity contribution in [2.24, 2.45) is 5.10 Å². The van der Waals surface area contributed by atoms with E-state index in [9.17, 15) is 10.1 Å². The molecule has 1 aromatic carbocycles. The summed E-state index contributed by atoms with van der Waals surface area (Å²) in [7, 11) is 0. The first-order valence-electron chi connectivity index (χ1n) is 6.18. The zero-order valence-electron chi connectivity index (χ0n) is 11.0. The molecule has 0 unspecified atom stereocenters. The Labute approximate surface area is 120 Å². The fourth-order valence-corrected chi connectivity index (χ4v) is 1.61. The Morgan fingerprint density at radius 2 is 2.10 bits per heavy atom. The summed E-state index contributed by atoms with van der Waals surface area (Å²) in [6.07, 6.45) is 1.88. The molecule has 7 nitrogen and oxygen atoms in total. The molecule has 0 radical (unpaired) electrons. The lowest BCUT2D eigenvalue weighted by Crippen LogP contribution is -2.06. The third-order valence-electron chi connectivity index (χ3n) is 2.62. The molecule has 0 fully saturated rings. The van der Waals surface area contributed by atoms with E-state index in [2.05, 4.69) is 10.5 Å². The number of nitro groups is 1. The lowest BCUT2D eigenvalue weighted by molar-refractivity contribution is -0.384. The average Bonchev–Trinajstić information content (AvgIpc) is 2.96. The Morgan fingerprint density at radius 3 is 2.76 bits per heavy atom. The molecule has 1 N–H and O–H groups in total. The van der Waals surface area contributed by atoms with Gasteiger partial charge in [0, 0.05) is 24.2 Å². The molecule has 0 aliphatic carbocycles. The molecular formula is C14H12N4O3. The van der Waals surface area contributed by atoms with Gasteiger partial charge in [-0.3, -0.25) is 10.1 Å². The van der Waals surface area contributed by atoms with Crippen LogP contribution in [0.2, 0.25) is 0 Å². The minimum Gasteiger partial charge on any atom is -0.455 e. The first-order valence-corrected chi connectivity index (χ1v) is 6.18. The van der Waals surface area contributed by atoms with Gasteiger partial charge in [0.25, 0.3) is 5.69 Å². The molecule has 1 aromatic heterocycles. The van der Waals surface area contributed by atoms with Crippen LogP contribution in [-0.2, 0) is 0 Å². The van der Waals surface area contributed by atoms with Crippen LogP contribution in [0.3, 0.4) is 0 Å². The largest absolute Gasteiger partial charge is 0.455 e. The number of hydrogen-bond donors (Lipinski definition) is 1. The van der Waals surface area contributed by atoms with Gasteiger partial charge in [0.2, 0.25) is 0 Å². The Balaban J connectivity index is 2.02. The van der Waals surface area contributed by atoms with Crippen LogP contribution in [-0.4, -0.2) is 17.7 Å². The smallest absolute Gasteiger partial charge is 0.269 e. The number of furan rings is 1. The third-order valence-corrected chi connectivity index (χ3v) is 2.62. The van der Waals surface area contributed by atoms with E-state index in [0.29, 0.717) is 24.5 Å². The molecule has 21 heavy (non-hydrogen) atoms. The molecule has 0 saturated carbocycles. The minimum atomic E-state index is -0.448. The Hall–Kier alpha value is -3.14. The zero-order valence-corrected chi connectivity index (χ0v) is 11.0. The van der Waals surface area contributed by atoms with Crippen molar-refractivity contribution < 1.29 is 9.34 Å². The van der Waals surface area contributed by atoms with Crippen LogP contribution in [0.25, 0.3) is 11.3 Å². The van der Waals surface area contributed by atoms with Gasteiger partial charge in [-0.1, -0.05) is 0 Å². The van der Waals surface area contributed by atoms with Crippen molar-refractivity contribution in [2.45, 2.75) is 6.42 Å². The van der Waals surface area contributed by atoms with Gasteiger partial charge in [0.15, 0.2) is 0 Å². The van der Waals surface area contributed by atoms with Crippen molar-refractivity contribution in [3.63, 3.8) is 0 Å². The molecule has 0 spiro atoms. The van der Waals surface area contributed by atoms with Crippen LogP contribution in [0, 0.1) is 21.4 Å². The molecule has 0 bridgehead atoms. The van der Waals surface area contributed by atoms with Gasteiger partial charge in [-0.2, -0.15) is 10.4 Å². The van der Waals surface area contributed by atoms with Crippen LogP contribution < -0.4 is 5.43 Å². The second-order valence-corrected chi connectivity index (χ2v) is 4.08. The van der Waals surface area contributed by atoms with E-state index in [0.717, 1.165) is 5.56 Å². The molecule has 0 atom stereocenters. The molecule has 2 aromatic rings. The number of nitrogens with zero attached hydrogens (tertiary/aromatic N) is 3. The molecule has 1 heterocycles. The predicted molar refractivity (Wildman–Crippen MR) is 76.6 cm³/mol. The molecular weight excluding hydrogens is 272 g/mol. The van der Waals surface area contributed by atoms with Crippen molar-refractivity contribution in [3.05, 3.63) is 52.3 Å². The lowest BCUT2D eigenvalue weighted by atomic mass is 10.1. The second kappa shape index (κ2) is 6.86. The van der Waals surface area contributed by atoms with E-state index in [1.807, 2.05) is 6.07 Å². The van der Waals surface area contributed by atoms with E-state index in [1.54, 1.807) is 24.3 Å². The first kappa shape index (κ1) is 14.3. The maximum absolute atomic E-state index is 10.6. The second-order valence-electron chi connectivity index (χ2n) is 4.08. The number of nitriles is 1. The molecule has 0 aliphatic heterocycles. The summed E-state index contributed by atoms with van der Waals surface area (Å²) in [5.41, 5.74) is 3.50.